The number of amides is 2. The van der Waals surface area contributed by atoms with Gasteiger partial charge >= 0.3 is 6.03 Å². The molecule has 0 atom stereocenters. The smallest absolute Gasteiger partial charge is 0.322 e. The van der Waals surface area contributed by atoms with Gasteiger partial charge in [-0.1, -0.05) is 36.4 Å². The monoisotopic (exact) mass is 371 g/mol. The van der Waals surface area contributed by atoms with Gasteiger partial charge in [0.25, 0.3) is 0 Å². The fraction of sp³-hybridized carbons (Fsp3) is 0.182. The van der Waals surface area contributed by atoms with Crippen LogP contribution in [-0.4, -0.2) is 32.2 Å². The summed E-state index contributed by atoms with van der Waals surface area (Å²) in [5, 5.41) is 8.32. The van der Waals surface area contributed by atoms with Crippen molar-refractivity contribution in [3.63, 3.8) is 0 Å². The van der Waals surface area contributed by atoms with Crippen molar-refractivity contribution in [1.82, 2.24) is 19.7 Å². The molecule has 5 rings (SSSR count). The third-order valence-electron chi connectivity index (χ3n) is 5.37. The maximum absolute atomic E-state index is 12.8. The molecule has 2 N–H and O–H groups in total. The van der Waals surface area contributed by atoms with E-state index in [1.54, 1.807) is 0 Å². The SMILES string of the molecule is Cn1cc(-c2ccc3c(c2)CCN(C(=O)Nc2c[nH]c4ccccc24)C3)cn1. The molecule has 0 spiro atoms. The Hall–Kier alpha value is -3.54. The van der Waals surface area contributed by atoms with E-state index in [4.69, 9.17) is 0 Å². The molecule has 0 unspecified atom stereocenters. The van der Waals surface area contributed by atoms with Crippen LogP contribution in [0.15, 0.2) is 61.1 Å². The first-order chi connectivity index (χ1) is 13.7. The summed E-state index contributed by atoms with van der Waals surface area (Å²) in [5.74, 6) is 0. The molecule has 0 fully saturated rings. The van der Waals surface area contributed by atoms with Crippen molar-refractivity contribution >= 4 is 22.6 Å². The zero-order valence-corrected chi connectivity index (χ0v) is 15.6. The summed E-state index contributed by atoms with van der Waals surface area (Å²) in [5.41, 5.74) is 6.63. The molecule has 0 radical (unpaired) electrons. The minimum absolute atomic E-state index is 0.0632. The van der Waals surface area contributed by atoms with Crippen LogP contribution < -0.4 is 5.32 Å². The number of anilines is 1. The number of hydrogen-bond acceptors (Lipinski definition) is 2. The molecule has 2 aromatic heterocycles. The van der Waals surface area contributed by atoms with Crippen molar-refractivity contribution in [3.8, 4) is 11.1 Å². The van der Waals surface area contributed by atoms with Crippen molar-refractivity contribution in [2.45, 2.75) is 13.0 Å². The van der Waals surface area contributed by atoms with Gasteiger partial charge in [0.05, 0.1) is 11.9 Å². The Bertz CT molecular complexity index is 1170. The Kier molecular flexibility index (Phi) is 3.90. The minimum atomic E-state index is -0.0632. The lowest BCUT2D eigenvalue weighted by Gasteiger charge is -2.29. The fourth-order valence-electron chi connectivity index (χ4n) is 3.85. The van der Waals surface area contributed by atoms with Gasteiger partial charge in [0.15, 0.2) is 0 Å². The summed E-state index contributed by atoms with van der Waals surface area (Å²) in [6.07, 6.45) is 6.60. The molecule has 3 heterocycles. The largest absolute Gasteiger partial charge is 0.359 e. The second-order valence-corrected chi connectivity index (χ2v) is 7.24. The molecule has 2 aromatic carbocycles. The first-order valence-electron chi connectivity index (χ1n) is 9.40. The first kappa shape index (κ1) is 16.6. The molecule has 0 saturated heterocycles. The number of H-pyrrole nitrogens is 1. The van der Waals surface area contributed by atoms with Crippen LogP contribution in [0.4, 0.5) is 10.5 Å². The lowest BCUT2D eigenvalue weighted by Crippen LogP contribution is -2.38. The number of para-hydroxylation sites is 1. The summed E-state index contributed by atoms with van der Waals surface area (Å²) in [7, 11) is 1.92. The van der Waals surface area contributed by atoms with Crippen LogP contribution in [0.25, 0.3) is 22.0 Å². The third kappa shape index (κ3) is 2.93. The van der Waals surface area contributed by atoms with E-state index in [-0.39, 0.29) is 6.03 Å². The molecular weight excluding hydrogens is 350 g/mol. The molecule has 6 nitrogen and oxygen atoms in total. The summed E-state index contributed by atoms with van der Waals surface area (Å²) in [6.45, 7) is 1.33. The molecule has 1 aliphatic rings. The average molecular weight is 371 g/mol. The van der Waals surface area contributed by atoms with Crippen LogP contribution >= 0.6 is 0 Å². The van der Waals surface area contributed by atoms with Crippen LogP contribution in [0, 0.1) is 0 Å². The van der Waals surface area contributed by atoms with Gasteiger partial charge < -0.3 is 15.2 Å². The Labute approximate surface area is 162 Å². The minimum Gasteiger partial charge on any atom is -0.359 e. The van der Waals surface area contributed by atoms with E-state index in [2.05, 4.69) is 33.6 Å². The maximum atomic E-state index is 12.8. The number of rotatable bonds is 2. The van der Waals surface area contributed by atoms with Gasteiger partial charge in [0.2, 0.25) is 0 Å². The fourth-order valence-corrected chi connectivity index (χ4v) is 3.85. The van der Waals surface area contributed by atoms with E-state index in [9.17, 15) is 4.79 Å². The first-order valence-corrected chi connectivity index (χ1v) is 9.40. The Morgan fingerprint density at radius 3 is 2.89 bits per heavy atom. The molecule has 28 heavy (non-hydrogen) atoms. The Morgan fingerprint density at radius 2 is 2.04 bits per heavy atom. The van der Waals surface area contributed by atoms with Crippen molar-refractivity contribution in [2.75, 3.05) is 11.9 Å². The predicted molar refractivity (Wildman–Crippen MR) is 110 cm³/mol. The molecular formula is C22H21N5O. The second-order valence-electron chi connectivity index (χ2n) is 7.24. The van der Waals surface area contributed by atoms with E-state index in [1.807, 2.05) is 59.5 Å². The van der Waals surface area contributed by atoms with Gasteiger partial charge in [-0.05, 0) is 29.2 Å². The number of carbonyl (C=O) groups excluding carboxylic acids is 1. The number of nitrogens with one attached hydrogen (secondary N) is 2. The number of hydrogen-bond donors (Lipinski definition) is 2. The lowest BCUT2D eigenvalue weighted by atomic mass is 9.96. The van der Waals surface area contributed by atoms with E-state index < -0.39 is 0 Å². The number of aromatic amines is 1. The average Bonchev–Trinajstić information content (AvgIpc) is 3.34. The Balaban J connectivity index is 1.33. The van der Waals surface area contributed by atoms with Gasteiger partial charge in [0, 0.05) is 49.0 Å². The van der Waals surface area contributed by atoms with Gasteiger partial charge in [0.1, 0.15) is 0 Å². The number of benzene rings is 2. The highest BCUT2D eigenvalue weighted by Crippen LogP contribution is 2.27. The molecule has 6 heteroatoms. The summed E-state index contributed by atoms with van der Waals surface area (Å²) in [4.78, 5) is 17.9. The van der Waals surface area contributed by atoms with Crippen LogP contribution in [0.2, 0.25) is 0 Å². The summed E-state index contributed by atoms with van der Waals surface area (Å²) in [6, 6.07) is 14.4. The molecule has 0 aliphatic carbocycles. The molecule has 1 aliphatic heterocycles. The maximum Gasteiger partial charge on any atom is 0.322 e. The number of fused-ring (bicyclic) bond motifs is 2. The van der Waals surface area contributed by atoms with Crippen molar-refractivity contribution in [3.05, 3.63) is 72.2 Å². The predicted octanol–water partition coefficient (Wildman–Crippen LogP) is 4.16. The van der Waals surface area contributed by atoms with Crippen molar-refractivity contribution < 1.29 is 4.79 Å². The normalized spacial score (nSPS) is 13.5. The van der Waals surface area contributed by atoms with E-state index >= 15 is 0 Å². The quantitative estimate of drug-likeness (QED) is 0.556. The molecule has 4 aromatic rings. The number of nitrogens with zero attached hydrogens (tertiary/aromatic N) is 3. The van der Waals surface area contributed by atoms with Gasteiger partial charge in [-0.2, -0.15) is 5.10 Å². The van der Waals surface area contributed by atoms with Crippen LogP contribution in [-0.2, 0) is 20.0 Å². The van der Waals surface area contributed by atoms with Crippen molar-refractivity contribution in [1.29, 1.82) is 0 Å². The number of aromatic nitrogens is 3. The van der Waals surface area contributed by atoms with Gasteiger partial charge in [-0.25, -0.2) is 4.79 Å². The molecule has 2 amide bonds. The van der Waals surface area contributed by atoms with E-state index in [0.717, 1.165) is 28.6 Å². The lowest BCUT2D eigenvalue weighted by molar-refractivity contribution is 0.206. The number of aryl methyl sites for hydroxylation is 1. The summed E-state index contributed by atoms with van der Waals surface area (Å²) < 4.78 is 1.81. The zero-order chi connectivity index (χ0) is 19.1. The number of urea groups is 1. The van der Waals surface area contributed by atoms with Crippen LogP contribution in [0.5, 0.6) is 0 Å². The van der Waals surface area contributed by atoms with E-state index in [1.165, 1.54) is 16.7 Å². The molecule has 0 saturated carbocycles. The Morgan fingerprint density at radius 1 is 1.14 bits per heavy atom. The highest BCUT2D eigenvalue weighted by Gasteiger charge is 2.22. The van der Waals surface area contributed by atoms with Crippen LogP contribution in [0.3, 0.4) is 0 Å². The van der Waals surface area contributed by atoms with Gasteiger partial charge in [-0.3, -0.25) is 4.68 Å². The van der Waals surface area contributed by atoms with E-state index in [0.29, 0.717) is 13.1 Å². The van der Waals surface area contributed by atoms with Crippen LogP contribution in [0.1, 0.15) is 11.1 Å². The number of carbonyl (C=O) groups is 1. The zero-order valence-electron chi connectivity index (χ0n) is 15.6. The third-order valence-corrected chi connectivity index (χ3v) is 5.37. The standard InChI is InChI=1S/C22H21N5O/c1-26-13-18(11-24-26)15-6-7-17-14-27(9-8-16(17)10-15)22(28)25-21-12-23-20-5-3-2-4-19(20)21/h2-7,10-13,23H,8-9,14H2,1H3,(H,25,28). The topological polar surface area (TPSA) is 66.0 Å². The van der Waals surface area contributed by atoms with Gasteiger partial charge in [-0.15, -0.1) is 0 Å². The van der Waals surface area contributed by atoms with Crippen molar-refractivity contribution in [2.24, 2.45) is 7.05 Å². The highest BCUT2D eigenvalue weighted by molar-refractivity contribution is 6.01. The molecule has 140 valence electrons. The summed E-state index contributed by atoms with van der Waals surface area (Å²) >= 11 is 0. The second kappa shape index (κ2) is 6.56. The highest BCUT2D eigenvalue weighted by atomic mass is 16.2. The molecule has 0 bridgehead atoms.